The first-order valence-electron chi connectivity index (χ1n) is 6.98. The number of fused-ring (bicyclic) bond motifs is 1. The molecule has 1 aromatic rings. The summed E-state index contributed by atoms with van der Waals surface area (Å²) in [6, 6.07) is 0. The van der Waals surface area contributed by atoms with E-state index in [1.807, 2.05) is 0 Å². The molecule has 3 heterocycles. The molecular weight excluding hydrogens is 264 g/mol. The van der Waals surface area contributed by atoms with E-state index < -0.39 is 15.1 Å². The normalized spacial score (nSPS) is 29.9. The lowest BCUT2D eigenvalue weighted by atomic mass is 9.97. The zero-order chi connectivity index (χ0) is 13.5. The minimum Gasteiger partial charge on any atom is -0.396 e. The molecular formula is C13H20N2O3S. The summed E-state index contributed by atoms with van der Waals surface area (Å²) < 4.78 is 26.5. The molecule has 6 heteroatoms. The molecule has 0 aliphatic carbocycles. The minimum atomic E-state index is -3.03. The Kier molecular flexibility index (Phi) is 3.39. The smallest absolute Gasteiger partial charge is 0.160 e. The van der Waals surface area contributed by atoms with Crippen LogP contribution in [0.3, 0.4) is 0 Å². The van der Waals surface area contributed by atoms with Crippen molar-refractivity contribution in [3.05, 3.63) is 17.7 Å². The van der Waals surface area contributed by atoms with Gasteiger partial charge in [0.2, 0.25) is 0 Å². The standard InChI is InChI=1S/C13H20N2O3S/c16-9-10-4-5-15-11(7-10)8-14-13(15)12-3-1-2-6-19(12,17)18/h8,10,12,16H,1-7,9H2. The van der Waals surface area contributed by atoms with Gasteiger partial charge in [0.05, 0.1) is 5.75 Å². The molecule has 0 radical (unpaired) electrons. The Morgan fingerprint density at radius 2 is 2.21 bits per heavy atom. The highest BCUT2D eigenvalue weighted by atomic mass is 32.2. The Morgan fingerprint density at radius 3 is 2.95 bits per heavy atom. The lowest BCUT2D eigenvalue weighted by Crippen LogP contribution is -2.28. The van der Waals surface area contributed by atoms with E-state index in [1.165, 1.54) is 0 Å². The Bertz CT molecular complexity index is 564. The molecule has 3 rings (SSSR count). The third-order valence-electron chi connectivity index (χ3n) is 4.35. The molecule has 106 valence electrons. The Morgan fingerprint density at radius 1 is 1.37 bits per heavy atom. The Balaban J connectivity index is 1.93. The summed E-state index contributed by atoms with van der Waals surface area (Å²) >= 11 is 0. The highest BCUT2D eigenvalue weighted by molar-refractivity contribution is 7.91. The van der Waals surface area contributed by atoms with Gasteiger partial charge in [-0.2, -0.15) is 0 Å². The van der Waals surface area contributed by atoms with Gasteiger partial charge in [-0.1, -0.05) is 6.42 Å². The van der Waals surface area contributed by atoms with Gasteiger partial charge < -0.3 is 9.67 Å². The molecule has 0 aromatic carbocycles. The van der Waals surface area contributed by atoms with E-state index >= 15 is 0 Å². The van der Waals surface area contributed by atoms with Crippen LogP contribution < -0.4 is 0 Å². The number of aliphatic hydroxyl groups excluding tert-OH is 1. The van der Waals surface area contributed by atoms with E-state index in [4.69, 9.17) is 0 Å². The average Bonchev–Trinajstić information content (AvgIpc) is 2.81. The summed E-state index contributed by atoms with van der Waals surface area (Å²) in [5, 5.41) is 8.81. The number of hydrogen-bond acceptors (Lipinski definition) is 4. The highest BCUT2D eigenvalue weighted by Crippen LogP contribution is 2.34. The van der Waals surface area contributed by atoms with Crippen LogP contribution in [-0.2, 0) is 22.8 Å². The first-order valence-corrected chi connectivity index (χ1v) is 8.70. The highest BCUT2D eigenvalue weighted by Gasteiger charge is 2.35. The second-order valence-electron chi connectivity index (χ2n) is 5.65. The van der Waals surface area contributed by atoms with Gasteiger partial charge in [0.1, 0.15) is 11.1 Å². The van der Waals surface area contributed by atoms with Crippen molar-refractivity contribution in [3.63, 3.8) is 0 Å². The van der Waals surface area contributed by atoms with Gasteiger partial charge in [-0.25, -0.2) is 13.4 Å². The summed E-state index contributed by atoms with van der Waals surface area (Å²) in [6.07, 6.45) is 5.93. The number of aliphatic hydroxyl groups is 1. The molecule has 1 aromatic heterocycles. The Hall–Kier alpha value is -0.880. The van der Waals surface area contributed by atoms with Crippen LogP contribution in [0.4, 0.5) is 0 Å². The van der Waals surface area contributed by atoms with Gasteiger partial charge in [0.15, 0.2) is 9.84 Å². The molecule has 0 saturated carbocycles. The molecule has 1 saturated heterocycles. The molecule has 1 fully saturated rings. The predicted octanol–water partition coefficient (Wildman–Crippen LogP) is 1.08. The van der Waals surface area contributed by atoms with Crippen LogP contribution in [0.2, 0.25) is 0 Å². The fraction of sp³-hybridized carbons (Fsp3) is 0.769. The van der Waals surface area contributed by atoms with Gasteiger partial charge in [0, 0.05) is 25.0 Å². The Labute approximate surface area is 113 Å². The van der Waals surface area contributed by atoms with Crippen molar-refractivity contribution < 1.29 is 13.5 Å². The summed E-state index contributed by atoms with van der Waals surface area (Å²) in [4.78, 5) is 4.39. The quantitative estimate of drug-likeness (QED) is 0.882. The number of sulfone groups is 1. The second kappa shape index (κ2) is 4.90. The largest absolute Gasteiger partial charge is 0.396 e. The van der Waals surface area contributed by atoms with E-state index in [9.17, 15) is 13.5 Å². The second-order valence-corrected chi connectivity index (χ2v) is 7.96. The number of aromatic nitrogens is 2. The first-order chi connectivity index (χ1) is 9.12. The van der Waals surface area contributed by atoms with Crippen molar-refractivity contribution in [2.45, 2.75) is 43.9 Å². The summed E-state index contributed by atoms with van der Waals surface area (Å²) in [5.74, 6) is 1.31. The topological polar surface area (TPSA) is 72.2 Å². The first kappa shape index (κ1) is 13.1. The maximum atomic E-state index is 12.2. The minimum absolute atomic E-state index is 0.197. The molecule has 0 bridgehead atoms. The fourth-order valence-electron chi connectivity index (χ4n) is 3.22. The van der Waals surface area contributed by atoms with Crippen LogP contribution >= 0.6 is 0 Å². The van der Waals surface area contributed by atoms with Crippen LogP contribution in [0.15, 0.2) is 6.20 Å². The van der Waals surface area contributed by atoms with Crippen molar-refractivity contribution in [2.75, 3.05) is 12.4 Å². The predicted molar refractivity (Wildman–Crippen MR) is 71.5 cm³/mol. The molecule has 2 unspecified atom stereocenters. The number of imidazole rings is 1. The van der Waals surface area contributed by atoms with Crippen molar-refractivity contribution >= 4 is 9.84 Å². The summed E-state index contributed by atoms with van der Waals surface area (Å²) in [5.41, 5.74) is 1.07. The third-order valence-corrected chi connectivity index (χ3v) is 6.52. The number of nitrogens with zero attached hydrogens (tertiary/aromatic N) is 2. The van der Waals surface area contributed by atoms with Crippen LogP contribution in [0.25, 0.3) is 0 Å². The maximum absolute atomic E-state index is 12.2. The number of rotatable bonds is 2. The molecule has 1 N–H and O–H groups in total. The fourth-order valence-corrected chi connectivity index (χ4v) is 5.14. The van der Waals surface area contributed by atoms with Gasteiger partial charge in [-0.05, 0) is 31.6 Å². The van der Waals surface area contributed by atoms with E-state index in [0.717, 1.165) is 43.7 Å². The van der Waals surface area contributed by atoms with Gasteiger partial charge in [0.25, 0.3) is 0 Å². The van der Waals surface area contributed by atoms with Crippen LogP contribution in [0.5, 0.6) is 0 Å². The molecule has 19 heavy (non-hydrogen) atoms. The van der Waals surface area contributed by atoms with Crippen LogP contribution in [-0.4, -0.2) is 35.4 Å². The lowest BCUT2D eigenvalue weighted by Gasteiger charge is -2.27. The maximum Gasteiger partial charge on any atom is 0.160 e. The average molecular weight is 284 g/mol. The van der Waals surface area contributed by atoms with Crippen molar-refractivity contribution in [1.82, 2.24) is 9.55 Å². The molecule has 0 spiro atoms. The monoisotopic (exact) mass is 284 g/mol. The third kappa shape index (κ3) is 2.31. The summed E-state index contributed by atoms with van der Waals surface area (Å²) in [6.45, 7) is 0.976. The van der Waals surface area contributed by atoms with E-state index in [0.29, 0.717) is 18.1 Å². The van der Waals surface area contributed by atoms with Crippen LogP contribution in [0, 0.1) is 5.92 Å². The van der Waals surface area contributed by atoms with Gasteiger partial charge in [-0.15, -0.1) is 0 Å². The van der Waals surface area contributed by atoms with Crippen molar-refractivity contribution in [1.29, 1.82) is 0 Å². The SMILES string of the molecule is O=S1(=O)CCCCC1c1ncc2n1CCC(CO)C2. The molecule has 0 amide bonds. The molecule has 2 atom stereocenters. The summed E-state index contributed by atoms with van der Waals surface area (Å²) in [7, 11) is -3.03. The lowest BCUT2D eigenvalue weighted by molar-refractivity contribution is 0.200. The van der Waals surface area contributed by atoms with Gasteiger partial charge >= 0.3 is 0 Å². The molecule has 2 aliphatic heterocycles. The van der Waals surface area contributed by atoms with E-state index in [2.05, 4.69) is 9.55 Å². The van der Waals surface area contributed by atoms with E-state index in [1.54, 1.807) is 6.20 Å². The number of hydrogen-bond donors (Lipinski definition) is 1. The van der Waals surface area contributed by atoms with Gasteiger partial charge in [-0.3, -0.25) is 0 Å². The van der Waals surface area contributed by atoms with E-state index in [-0.39, 0.29) is 6.61 Å². The molecule has 2 aliphatic rings. The molecule has 5 nitrogen and oxygen atoms in total. The zero-order valence-electron chi connectivity index (χ0n) is 11.0. The van der Waals surface area contributed by atoms with Crippen LogP contribution in [0.1, 0.15) is 42.5 Å². The zero-order valence-corrected chi connectivity index (χ0v) is 11.8. The van der Waals surface area contributed by atoms with Crippen molar-refractivity contribution in [3.8, 4) is 0 Å². The van der Waals surface area contributed by atoms with Crippen molar-refractivity contribution in [2.24, 2.45) is 5.92 Å².